The van der Waals surface area contributed by atoms with Gasteiger partial charge in [-0.25, -0.2) is 4.98 Å². The van der Waals surface area contributed by atoms with E-state index in [0.717, 1.165) is 0 Å². The van der Waals surface area contributed by atoms with E-state index in [4.69, 9.17) is 21.6 Å². The van der Waals surface area contributed by atoms with Crippen molar-refractivity contribution in [3.63, 3.8) is 0 Å². The summed E-state index contributed by atoms with van der Waals surface area (Å²) >= 11 is 7.19. The predicted octanol–water partition coefficient (Wildman–Crippen LogP) is 2.26. The lowest BCUT2D eigenvalue weighted by Gasteiger charge is -2.05. The molecule has 1 heterocycles. The number of benzene rings is 1. The highest BCUT2D eigenvalue weighted by molar-refractivity contribution is 7.99. The Bertz CT molecular complexity index is 728. The average Bonchev–Trinajstić information content (AvgIpc) is 3.02. The van der Waals surface area contributed by atoms with Gasteiger partial charge in [0.05, 0.1) is 30.9 Å². The molecule has 0 atom stereocenters. The molecule has 0 fully saturated rings. The van der Waals surface area contributed by atoms with Crippen molar-refractivity contribution in [2.45, 2.75) is 11.6 Å². The highest BCUT2D eigenvalue weighted by Gasteiger charge is 2.13. The number of nitrogens with one attached hydrogen (secondary N) is 2. The van der Waals surface area contributed by atoms with Gasteiger partial charge in [0.15, 0.2) is 5.82 Å². The fourth-order valence-corrected chi connectivity index (χ4v) is 2.54. The molecule has 1 aromatic heterocycles. The number of nitrogens with zero attached hydrogens (tertiary/aromatic N) is 3. The van der Waals surface area contributed by atoms with Gasteiger partial charge in [0, 0.05) is 11.6 Å². The number of aromatic amines is 1. The van der Waals surface area contributed by atoms with Gasteiger partial charge < -0.3 is 10.1 Å². The van der Waals surface area contributed by atoms with Gasteiger partial charge in [-0.2, -0.15) is 5.26 Å². The third-order valence-electron chi connectivity index (χ3n) is 2.77. The summed E-state index contributed by atoms with van der Waals surface area (Å²) in [6.07, 6.45) is 0.287. The van der Waals surface area contributed by atoms with Crippen LogP contribution in [-0.2, 0) is 4.79 Å². The zero-order chi connectivity index (χ0) is 16.7. The largest absolute Gasteiger partial charge is 0.496 e. The highest BCUT2D eigenvalue weighted by Crippen LogP contribution is 2.31. The number of hydrogen-bond donors (Lipinski definition) is 2. The van der Waals surface area contributed by atoms with Crippen LogP contribution in [0.2, 0.25) is 5.02 Å². The topological polar surface area (TPSA) is 104 Å². The highest BCUT2D eigenvalue weighted by atomic mass is 35.5. The Balaban J connectivity index is 2.00. The number of thioether (sulfide) groups is 1. The summed E-state index contributed by atoms with van der Waals surface area (Å²) in [5.74, 6) is 1.14. The summed E-state index contributed by atoms with van der Waals surface area (Å²) < 4.78 is 5.27. The van der Waals surface area contributed by atoms with Crippen LogP contribution in [0, 0.1) is 11.3 Å². The molecule has 1 aromatic carbocycles. The SMILES string of the molecule is COc1ccc(Cl)cc1-c1nc(SCC(=O)NCCC#N)n[nH]1. The number of carbonyl (C=O) groups excluding carboxylic acids is 1. The molecule has 0 unspecified atom stereocenters. The number of aromatic nitrogens is 3. The first-order valence-corrected chi connectivity index (χ1v) is 8.03. The van der Waals surface area contributed by atoms with Crippen LogP contribution in [0.1, 0.15) is 6.42 Å². The summed E-state index contributed by atoms with van der Waals surface area (Å²) in [7, 11) is 1.56. The molecule has 0 aliphatic heterocycles. The molecule has 0 bridgehead atoms. The van der Waals surface area contributed by atoms with Crippen molar-refractivity contribution in [1.29, 1.82) is 5.26 Å². The van der Waals surface area contributed by atoms with Gasteiger partial charge >= 0.3 is 0 Å². The Morgan fingerprint density at radius 2 is 2.39 bits per heavy atom. The quantitative estimate of drug-likeness (QED) is 0.585. The van der Waals surface area contributed by atoms with E-state index in [1.807, 2.05) is 6.07 Å². The van der Waals surface area contributed by atoms with E-state index in [0.29, 0.717) is 33.9 Å². The molecule has 120 valence electrons. The third kappa shape index (κ3) is 4.87. The lowest BCUT2D eigenvalue weighted by atomic mass is 10.2. The normalized spacial score (nSPS) is 10.1. The Labute approximate surface area is 142 Å². The first-order chi connectivity index (χ1) is 11.1. The predicted molar refractivity (Wildman–Crippen MR) is 87.3 cm³/mol. The van der Waals surface area contributed by atoms with E-state index < -0.39 is 0 Å². The first-order valence-electron chi connectivity index (χ1n) is 6.67. The van der Waals surface area contributed by atoms with Gasteiger partial charge in [-0.15, -0.1) is 5.10 Å². The molecule has 0 saturated carbocycles. The zero-order valence-electron chi connectivity index (χ0n) is 12.3. The van der Waals surface area contributed by atoms with Crippen LogP contribution in [0.15, 0.2) is 23.4 Å². The Kier molecular flexibility index (Phi) is 6.26. The molecule has 0 radical (unpaired) electrons. The standard InChI is InChI=1S/C14H14ClN5O2S/c1-22-11-4-3-9(15)7-10(11)13-18-14(20-19-13)23-8-12(21)17-6-2-5-16/h3-4,7H,2,6,8H2,1H3,(H,17,21)(H,18,19,20). The van der Waals surface area contributed by atoms with Crippen LogP contribution < -0.4 is 10.1 Å². The van der Waals surface area contributed by atoms with E-state index in [1.54, 1.807) is 25.3 Å². The fraction of sp³-hybridized carbons (Fsp3) is 0.286. The molecule has 0 saturated heterocycles. The van der Waals surface area contributed by atoms with Gasteiger partial charge in [-0.1, -0.05) is 23.4 Å². The van der Waals surface area contributed by atoms with Gasteiger partial charge in [-0.05, 0) is 18.2 Å². The van der Waals surface area contributed by atoms with Crippen LogP contribution in [0.3, 0.4) is 0 Å². The molecule has 23 heavy (non-hydrogen) atoms. The summed E-state index contributed by atoms with van der Waals surface area (Å²) in [6.45, 7) is 0.342. The third-order valence-corrected chi connectivity index (χ3v) is 3.86. The molecular formula is C14H14ClN5O2S. The molecular weight excluding hydrogens is 338 g/mol. The number of methoxy groups -OCH3 is 1. The summed E-state index contributed by atoms with van der Waals surface area (Å²) in [6, 6.07) is 7.16. The Morgan fingerprint density at radius 3 is 3.13 bits per heavy atom. The number of carbonyl (C=O) groups is 1. The van der Waals surface area contributed by atoms with Gasteiger partial charge in [0.25, 0.3) is 0 Å². The summed E-state index contributed by atoms with van der Waals surface area (Å²) in [5.41, 5.74) is 0.692. The van der Waals surface area contributed by atoms with Crippen LogP contribution in [0.5, 0.6) is 5.75 Å². The summed E-state index contributed by atoms with van der Waals surface area (Å²) in [4.78, 5) is 15.9. The van der Waals surface area contributed by atoms with Crippen molar-refractivity contribution in [3.05, 3.63) is 23.2 Å². The molecule has 0 aliphatic carbocycles. The van der Waals surface area contributed by atoms with Crippen LogP contribution >= 0.6 is 23.4 Å². The smallest absolute Gasteiger partial charge is 0.230 e. The van der Waals surface area contributed by atoms with Crippen molar-refractivity contribution in [2.75, 3.05) is 19.4 Å². The number of H-pyrrole nitrogens is 1. The van der Waals surface area contributed by atoms with Crippen molar-refractivity contribution in [2.24, 2.45) is 0 Å². The van der Waals surface area contributed by atoms with Crippen LogP contribution in [0.25, 0.3) is 11.4 Å². The number of ether oxygens (including phenoxy) is 1. The molecule has 2 aromatic rings. The zero-order valence-corrected chi connectivity index (χ0v) is 13.9. The minimum Gasteiger partial charge on any atom is -0.496 e. The van der Waals surface area contributed by atoms with E-state index in [1.165, 1.54) is 11.8 Å². The Hall–Kier alpha value is -2.24. The molecule has 2 rings (SSSR count). The lowest BCUT2D eigenvalue weighted by Crippen LogP contribution is -2.25. The maximum Gasteiger partial charge on any atom is 0.230 e. The first kappa shape index (κ1) is 17.1. The van der Waals surface area contributed by atoms with E-state index in [-0.39, 0.29) is 18.1 Å². The van der Waals surface area contributed by atoms with Crippen LogP contribution in [0.4, 0.5) is 0 Å². The van der Waals surface area contributed by atoms with Gasteiger partial charge in [0.2, 0.25) is 11.1 Å². The van der Waals surface area contributed by atoms with Gasteiger partial charge in [-0.3, -0.25) is 9.89 Å². The monoisotopic (exact) mass is 351 g/mol. The van der Waals surface area contributed by atoms with E-state index in [9.17, 15) is 4.79 Å². The van der Waals surface area contributed by atoms with Crippen LogP contribution in [-0.4, -0.2) is 40.5 Å². The molecule has 9 heteroatoms. The second-order valence-corrected chi connectivity index (χ2v) is 5.74. The average molecular weight is 352 g/mol. The van der Waals surface area contributed by atoms with Crippen molar-refractivity contribution < 1.29 is 9.53 Å². The van der Waals surface area contributed by atoms with E-state index >= 15 is 0 Å². The molecule has 0 spiro atoms. The minimum atomic E-state index is -0.170. The number of nitriles is 1. The van der Waals surface area contributed by atoms with Crippen molar-refractivity contribution in [3.8, 4) is 23.2 Å². The van der Waals surface area contributed by atoms with Gasteiger partial charge in [0.1, 0.15) is 5.75 Å². The Morgan fingerprint density at radius 1 is 1.57 bits per heavy atom. The van der Waals surface area contributed by atoms with Crippen molar-refractivity contribution >= 4 is 29.3 Å². The van der Waals surface area contributed by atoms with E-state index in [2.05, 4.69) is 20.5 Å². The number of hydrogen-bond acceptors (Lipinski definition) is 6. The number of amides is 1. The number of halogens is 1. The second-order valence-electron chi connectivity index (χ2n) is 4.36. The maximum atomic E-state index is 11.6. The maximum absolute atomic E-state index is 11.6. The second kappa shape index (κ2) is 8.41. The molecule has 2 N–H and O–H groups in total. The van der Waals surface area contributed by atoms with Crippen molar-refractivity contribution in [1.82, 2.24) is 20.5 Å². The fourth-order valence-electron chi connectivity index (χ4n) is 1.74. The molecule has 1 amide bonds. The molecule has 7 nitrogen and oxygen atoms in total. The minimum absolute atomic E-state index is 0.170. The summed E-state index contributed by atoms with van der Waals surface area (Å²) in [5, 5.41) is 18.9. The molecule has 0 aliphatic rings. The lowest BCUT2D eigenvalue weighted by molar-refractivity contribution is -0.118. The number of rotatable bonds is 7.